The molecule has 1 aromatic heterocycles. The first kappa shape index (κ1) is 12.2. The van der Waals surface area contributed by atoms with Crippen molar-refractivity contribution >= 4 is 5.69 Å². The molecule has 0 saturated heterocycles. The van der Waals surface area contributed by atoms with Crippen molar-refractivity contribution in [2.24, 2.45) is 0 Å². The summed E-state index contributed by atoms with van der Waals surface area (Å²) < 4.78 is 7.59. The third kappa shape index (κ3) is 2.61. The molecule has 100 valence electrons. The van der Waals surface area contributed by atoms with Gasteiger partial charge in [0.15, 0.2) is 5.82 Å². The summed E-state index contributed by atoms with van der Waals surface area (Å²) in [5.74, 6) is 1.45. The van der Waals surface area contributed by atoms with Gasteiger partial charge in [0.1, 0.15) is 18.7 Å². The summed E-state index contributed by atoms with van der Waals surface area (Å²) in [6.07, 6.45) is 1.67. The van der Waals surface area contributed by atoms with Crippen LogP contribution in [-0.2, 0) is 6.61 Å². The minimum atomic E-state index is 0.332. The van der Waals surface area contributed by atoms with Gasteiger partial charge >= 0.3 is 0 Å². The summed E-state index contributed by atoms with van der Waals surface area (Å²) in [5.41, 5.74) is 7.39. The molecule has 0 unspecified atom stereocenters. The molecular formula is C15H14N4O. The van der Waals surface area contributed by atoms with Crippen molar-refractivity contribution in [2.75, 3.05) is 5.73 Å². The number of nitrogen functional groups attached to an aromatic ring is 1. The number of para-hydroxylation sites is 1. The van der Waals surface area contributed by atoms with Crippen LogP contribution in [-0.4, -0.2) is 14.8 Å². The first-order valence-corrected chi connectivity index (χ1v) is 6.25. The molecule has 0 fully saturated rings. The SMILES string of the molecule is Nc1cccc(OCc2nncn2-c2ccccc2)c1. The minimum Gasteiger partial charge on any atom is -0.486 e. The minimum absolute atomic E-state index is 0.332. The molecule has 2 N–H and O–H groups in total. The molecule has 0 amide bonds. The second-order valence-corrected chi connectivity index (χ2v) is 4.31. The van der Waals surface area contributed by atoms with E-state index >= 15 is 0 Å². The van der Waals surface area contributed by atoms with E-state index in [4.69, 9.17) is 10.5 Å². The van der Waals surface area contributed by atoms with Crippen LogP contribution in [0.5, 0.6) is 5.75 Å². The van der Waals surface area contributed by atoms with Gasteiger partial charge in [-0.05, 0) is 24.3 Å². The standard InChI is InChI=1S/C15H14N4O/c16-12-5-4-8-14(9-12)20-10-15-18-17-11-19(15)13-6-2-1-3-7-13/h1-9,11H,10,16H2. The third-order valence-electron chi connectivity index (χ3n) is 2.88. The Bertz CT molecular complexity index is 694. The van der Waals surface area contributed by atoms with Gasteiger partial charge in [-0.15, -0.1) is 10.2 Å². The largest absolute Gasteiger partial charge is 0.486 e. The van der Waals surface area contributed by atoms with Crippen molar-refractivity contribution in [3.05, 3.63) is 66.7 Å². The molecule has 0 aliphatic rings. The molecule has 0 bridgehead atoms. The third-order valence-corrected chi connectivity index (χ3v) is 2.88. The number of anilines is 1. The number of benzene rings is 2. The van der Waals surface area contributed by atoms with Crippen LogP contribution in [0.15, 0.2) is 60.9 Å². The summed E-state index contributed by atoms with van der Waals surface area (Å²) in [7, 11) is 0. The molecule has 1 heterocycles. The van der Waals surface area contributed by atoms with Gasteiger partial charge in [-0.25, -0.2) is 0 Å². The zero-order valence-corrected chi connectivity index (χ0v) is 10.8. The van der Waals surface area contributed by atoms with Crippen LogP contribution in [0.3, 0.4) is 0 Å². The van der Waals surface area contributed by atoms with Crippen molar-refractivity contribution in [2.45, 2.75) is 6.61 Å². The zero-order valence-electron chi connectivity index (χ0n) is 10.8. The van der Waals surface area contributed by atoms with Gasteiger partial charge in [0.05, 0.1) is 0 Å². The lowest BCUT2D eigenvalue weighted by atomic mass is 10.3. The Kier molecular flexibility index (Phi) is 3.33. The maximum Gasteiger partial charge on any atom is 0.175 e. The lowest BCUT2D eigenvalue weighted by Crippen LogP contribution is -2.05. The molecule has 0 spiro atoms. The molecule has 0 aliphatic carbocycles. The number of rotatable bonds is 4. The Morgan fingerprint density at radius 3 is 2.70 bits per heavy atom. The molecule has 0 atom stereocenters. The summed E-state index contributed by atoms with van der Waals surface area (Å²) >= 11 is 0. The normalized spacial score (nSPS) is 10.4. The van der Waals surface area contributed by atoms with Gasteiger partial charge in [-0.1, -0.05) is 24.3 Å². The summed E-state index contributed by atoms with van der Waals surface area (Å²) in [6.45, 7) is 0.332. The highest BCUT2D eigenvalue weighted by molar-refractivity contribution is 5.43. The molecule has 20 heavy (non-hydrogen) atoms. The Balaban J connectivity index is 1.78. The van der Waals surface area contributed by atoms with Gasteiger partial charge < -0.3 is 10.5 Å². The van der Waals surface area contributed by atoms with E-state index in [2.05, 4.69) is 10.2 Å². The number of nitrogens with two attached hydrogens (primary N) is 1. The van der Waals surface area contributed by atoms with E-state index in [1.54, 1.807) is 12.4 Å². The van der Waals surface area contributed by atoms with Crippen LogP contribution in [0.2, 0.25) is 0 Å². The molecule has 0 aliphatic heterocycles. The van der Waals surface area contributed by atoms with Gasteiger partial charge in [-0.3, -0.25) is 4.57 Å². The van der Waals surface area contributed by atoms with Crippen LogP contribution < -0.4 is 10.5 Å². The Morgan fingerprint density at radius 1 is 1.05 bits per heavy atom. The van der Waals surface area contributed by atoms with Crippen LogP contribution in [0.1, 0.15) is 5.82 Å². The average molecular weight is 266 g/mol. The van der Waals surface area contributed by atoms with Crippen molar-refractivity contribution in [3.8, 4) is 11.4 Å². The molecule has 3 aromatic rings. The summed E-state index contributed by atoms with van der Waals surface area (Å²) in [4.78, 5) is 0. The van der Waals surface area contributed by atoms with Crippen molar-refractivity contribution < 1.29 is 4.74 Å². The Morgan fingerprint density at radius 2 is 1.90 bits per heavy atom. The van der Waals surface area contributed by atoms with Gasteiger partial charge in [-0.2, -0.15) is 0 Å². The van der Waals surface area contributed by atoms with Crippen LogP contribution in [0.4, 0.5) is 5.69 Å². The molecule has 3 rings (SSSR count). The molecule has 0 radical (unpaired) electrons. The number of ether oxygens (including phenoxy) is 1. The van der Waals surface area contributed by atoms with E-state index in [1.165, 1.54) is 0 Å². The van der Waals surface area contributed by atoms with Crippen LogP contribution in [0.25, 0.3) is 5.69 Å². The maximum atomic E-state index is 5.72. The fraction of sp³-hybridized carbons (Fsp3) is 0.0667. The first-order valence-electron chi connectivity index (χ1n) is 6.25. The number of hydrogen-bond acceptors (Lipinski definition) is 4. The maximum absolute atomic E-state index is 5.72. The smallest absolute Gasteiger partial charge is 0.175 e. The van der Waals surface area contributed by atoms with E-state index in [1.807, 2.05) is 53.1 Å². The molecule has 5 heteroatoms. The predicted octanol–water partition coefficient (Wildman–Crippen LogP) is 2.43. The van der Waals surface area contributed by atoms with Gasteiger partial charge in [0.2, 0.25) is 0 Å². The second-order valence-electron chi connectivity index (χ2n) is 4.31. The van der Waals surface area contributed by atoms with Crippen molar-refractivity contribution in [1.82, 2.24) is 14.8 Å². The molecule has 5 nitrogen and oxygen atoms in total. The van der Waals surface area contributed by atoms with E-state index in [-0.39, 0.29) is 0 Å². The first-order chi connectivity index (χ1) is 9.83. The van der Waals surface area contributed by atoms with Crippen LogP contribution >= 0.6 is 0 Å². The number of hydrogen-bond donors (Lipinski definition) is 1. The molecular weight excluding hydrogens is 252 g/mol. The lowest BCUT2D eigenvalue weighted by Gasteiger charge is -2.08. The summed E-state index contributed by atoms with van der Waals surface area (Å²) in [6, 6.07) is 17.2. The number of nitrogens with zero attached hydrogens (tertiary/aromatic N) is 3. The highest BCUT2D eigenvalue weighted by Crippen LogP contribution is 2.16. The lowest BCUT2D eigenvalue weighted by molar-refractivity contribution is 0.293. The van der Waals surface area contributed by atoms with E-state index in [0.29, 0.717) is 18.0 Å². The Labute approximate surface area is 116 Å². The predicted molar refractivity (Wildman–Crippen MR) is 76.5 cm³/mol. The average Bonchev–Trinajstić information content (AvgIpc) is 2.95. The van der Waals surface area contributed by atoms with E-state index in [9.17, 15) is 0 Å². The van der Waals surface area contributed by atoms with E-state index < -0.39 is 0 Å². The van der Waals surface area contributed by atoms with Gasteiger partial charge in [0.25, 0.3) is 0 Å². The van der Waals surface area contributed by atoms with Crippen LogP contribution in [0, 0.1) is 0 Å². The quantitative estimate of drug-likeness (QED) is 0.736. The Hall–Kier alpha value is -2.82. The topological polar surface area (TPSA) is 66.0 Å². The molecule has 2 aromatic carbocycles. The highest BCUT2D eigenvalue weighted by Gasteiger charge is 2.06. The van der Waals surface area contributed by atoms with Crippen molar-refractivity contribution in [3.63, 3.8) is 0 Å². The fourth-order valence-electron chi connectivity index (χ4n) is 1.91. The van der Waals surface area contributed by atoms with Crippen molar-refractivity contribution in [1.29, 1.82) is 0 Å². The number of aromatic nitrogens is 3. The summed E-state index contributed by atoms with van der Waals surface area (Å²) in [5, 5.41) is 8.02. The second kappa shape index (κ2) is 5.44. The van der Waals surface area contributed by atoms with Gasteiger partial charge in [0, 0.05) is 17.4 Å². The fourth-order valence-corrected chi connectivity index (χ4v) is 1.91. The highest BCUT2D eigenvalue weighted by atomic mass is 16.5. The monoisotopic (exact) mass is 266 g/mol. The van der Waals surface area contributed by atoms with E-state index in [0.717, 1.165) is 11.5 Å². The molecule has 0 saturated carbocycles. The zero-order chi connectivity index (χ0) is 13.8.